The zero-order valence-corrected chi connectivity index (χ0v) is 15.3. The van der Waals surface area contributed by atoms with Crippen LogP contribution in [0.4, 0.5) is 10.1 Å². The molecule has 7 nitrogen and oxygen atoms in total. The normalized spacial score (nSPS) is 10.5. The highest BCUT2D eigenvalue weighted by atomic mass is 19.1. The van der Waals surface area contributed by atoms with Gasteiger partial charge in [0.15, 0.2) is 0 Å². The van der Waals surface area contributed by atoms with Gasteiger partial charge in [-0.3, -0.25) is 9.59 Å². The lowest BCUT2D eigenvalue weighted by Gasteiger charge is -2.09. The maximum Gasteiger partial charge on any atom is 0.333 e. The third-order valence-electron chi connectivity index (χ3n) is 4.06. The van der Waals surface area contributed by atoms with Crippen LogP contribution in [0.15, 0.2) is 58.3 Å². The van der Waals surface area contributed by atoms with E-state index in [1.54, 1.807) is 31.2 Å². The van der Waals surface area contributed by atoms with Crippen LogP contribution in [0.25, 0.3) is 5.69 Å². The summed E-state index contributed by atoms with van der Waals surface area (Å²) in [4.78, 5) is 39.7. The average Bonchev–Trinajstić information content (AvgIpc) is 2.66. The number of hydrogen-bond donors (Lipinski definition) is 2. The largest absolute Gasteiger partial charge is 0.494 e. The Balaban J connectivity index is 1.96. The van der Waals surface area contributed by atoms with Gasteiger partial charge in [-0.1, -0.05) is 6.07 Å². The van der Waals surface area contributed by atoms with Gasteiger partial charge in [-0.2, -0.15) is 0 Å². The predicted molar refractivity (Wildman–Crippen MR) is 103 cm³/mol. The van der Waals surface area contributed by atoms with Gasteiger partial charge in [0, 0.05) is 11.9 Å². The summed E-state index contributed by atoms with van der Waals surface area (Å²) in [6, 6.07) is 10.5. The van der Waals surface area contributed by atoms with Crippen molar-refractivity contribution in [3.8, 4) is 11.4 Å². The summed E-state index contributed by atoms with van der Waals surface area (Å²) in [5, 5.41) is 2.46. The molecule has 3 rings (SSSR count). The van der Waals surface area contributed by atoms with Crippen molar-refractivity contribution < 1.29 is 13.9 Å². The maximum atomic E-state index is 13.7. The Morgan fingerprint density at radius 3 is 2.54 bits per heavy atom. The summed E-state index contributed by atoms with van der Waals surface area (Å²) >= 11 is 0. The number of aryl methyl sites for hydroxylation is 1. The van der Waals surface area contributed by atoms with Gasteiger partial charge in [0.2, 0.25) is 0 Å². The van der Waals surface area contributed by atoms with Crippen LogP contribution >= 0.6 is 0 Å². The summed E-state index contributed by atoms with van der Waals surface area (Å²) in [5.41, 5.74) is -0.850. The van der Waals surface area contributed by atoms with Crippen molar-refractivity contribution in [3.05, 3.63) is 86.4 Å². The smallest absolute Gasteiger partial charge is 0.333 e. The first-order chi connectivity index (χ1) is 13.4. The van der Waals surface area contributed by atoms with Crippen LogP contribution in [-0.4, -0.2) is 22.1 Å². The van der Waals surface area contributed by atoms with E-state index in [0.29, 0.717) is 17.9 Å². The quantitative estimate of drug-likeness (QED) is 0.708. The van der Waals surface area contributed by atoms with E-state index in [2.05, 4.69) is 10.3 Å². The zero-order valence-electron chi connectivity index (χ0n) is 15.3. The number of anilines is 1. The molecule has 1 amide bonds. The molecular formula is C20H18FN3O4. The lowest BCUT2D eigenvalue weighted by molar-refractivity contribution is 0.102. The van der Waals surface area contributed by atoms with Crippen molar-refractivity contribution in [2.24, 2.45) is 0 Å². The molecule has 28 heavy (non-hydrogen) atoms. The van der Waals surface area contributed by atoms with Crippen molar-refractivity contribution in [1.82, 2.24) is 9.55 Å². The molecule has 0 saturated carbocycles. The molecule has 3 aromatic rings. The van der Waals surface area contributed by atoms with E-state index in [-0.39, 0.29) is 16.9 Å². The summed E-state index contributed by atoms with van der Waals surface area (Å²) in [7, 11) is 0. The van der Waals surface area contributed by atoms with Crippen LogP contribution < -0.4 is 21.3 Å². The molecule has 1 aromatic heterocycles. The first-order valence-electron chi connectivity index (χ1n) is 8.56. The number of aromatic nitrogens is 2. The molecule has 0 atom stereocenters. The molecular weight excluding hydrogens is 365 g/mol. The van der Waals surface area contributed by atoms with Gasteiger partial charge in [0.05, 0.1) is 12.3 Å². The lowest BCUT2D eigenvalue weighted by atomic mass is 10.2. The minimum absolute atomic E-state index is 0.200. The molecule has 2 N–H and O–H groups in total. The number of halogens is 1. The van der Waals surface area contributed by atoms with E-state index in [0.717, 1.165) is 16.8 Å². The van der Waals surface area contributed by atoms with Crippen LogP contribution in [0, 0.1) is 12.7 Å². The molecule has 0 fully saturated rings. The highest BCUT2D eigenvalue weighted by Crippen LogP contribution is 2.15. The van der Waals surface area contributed by atoms with Crippen LogP contribution in [0.3, 0.4) is 0 Å². The Morgan fingerprint density at radius 1 is 1.18 bits per heavy atom. The van der Waals surface area contributed by atoms with E-state index in [1.807, 2.05) is 6.92 Å². The Bertz CT molecular complexity index is 1130. The number of rotatable bonds is 5. The highest BCUT2D eigenvalue weighted by Gasteiger charge is 2.16. The highest BCUT2D eigenvalue weighted by molar-refractivity contribution is 6.03. The fraction of sp³-hybridized carbons (Fsp3) is 0.150. The minimum atomic E-state index is -0.794. The van der Waals surface area contributed by atoms with Crippen molar-refractivity contribution in [2.75, 3.05) is 11.9 Å². The van der Waals surface area contributed by atoms with E-state index >= 15 is 0 Å². The molecule has 0 aliphatic heterocycles. The summed E-state index contributed by atoms with van der Waals surface area (Å²) in [6.45, 7) is 3.92. The SMILES string of the molecule is CCOc1ccc(-n2c(=O)[nH]cc(C(=O)Nc3ccc(C)c(F)c3)c2=O)cc1. The van der Waals surface area contributed by atoms with E-state index < -0.39 is 23.0 Å². The number of H-pyrrole nitrogens is 1. The van der Waals surface area contributed by atoms with Crippen molar-refractivity contribution in [1.29, 1.82) is 0 Å². The van der Waals surface area contributed by atoms with Crippen molar-refractivity contribution >= 4 is 11.6 Å². The number of benzene rings is 2. The molecule has 0 spiro atoms. The summed E-state index contributed by atoms with van der Waals surface area (Å²) in [5.74, 6) is -0.652. The van der Waals surface area contributed by atoms with E-state index in [9.17, 15) is 18.8 Å². The van der Waals surface area contributed by atoms with Gasteiger partial charge >= 0.3 is 5.69 Å². The summed E-state index contributed by atoms with van der Waals surface area (Å²) in [6.07, 6.45) is 1.04. The molecule has 0 aliphatic carbocycles. The Hall–Kier alpha value is -3.68. The third-order valence-corrected chi connectivity index (χ3v) is 4.06. The number of ether oxygens (including phenoxy) is 1. The van der Waals surface area contributed by atoms with Gasteiger partial charge in [0.1, 0.15) is 17.1 Å². The number of amides is 1. The Kier molecular flexibility index (Phi) is 5.39. The number of hydrogen-bond acceptors (Lipinski definition) is 4. The number of nitrogens with zero attached hydrogens (tertiary/aromatic N) is 1. The van der Waals surface area contributed by atoms with Crippen molar-refractivity contribution in [3.63, 3.8) is 0 Å². The fourth-order valence-corrected chi connectivity index (χ4v) is 2.60. The van der Waals surface area contributed by atoms with Crippen molar-refractivity contribution in [2.45, 2.75) is 13.8 Å². The van der Waals surface area contributed by atoms with Gasteiger partial charge in [0.25, 0.3) is 11.5 Å². The number of aromatic amines is 1. The molecule has 0 saturated heterocycles. The Morgan fingerprint density at radius 2 is 1.89 bits per heavy atom. The zero-order chi connectivity index (χ0) is 20.3. The van der Waals surface area contributed by atoms with E-state index in [1.165, 1.54) is 12.1 Å². The molecule has 0 radical (unpaired) electrons. The van der Waals surface area contributed by atoms with Gasteiger partial charge < -0.3 is 15.0 Å². The molecule has 0 aliphatic rings. The monoisotopic (exact) mass is 383 g/mol. The lowest BCUT2D eigenvalue weighted by Crippen LogP contribution is -2.38. The number of carbonyl (C=O) groups is 1. The van der Waals surface area contributed by atoms with Gasteiger partial charge in [-0.05, 0) is 55.8 Å². The molecule has 0 unspecified atom stereocenters. The molecule has 144 valence electrons. The minimum Gasteiger partial charge on any atom is -0.494 e. The van der Waals surface area contributed by atoms with Gasteiger partial charge in [-0.15, -0.1) is 0 Å². The van der Waals surface area contributed by atoms with Gasteiger partial charge in [-0.25, -0.2) is 13.8 Å². The maximum absolute atomic E-state index is 13.7. The molecule has 8 heteroatoms. The predicted octanol–water partition coefficient (Wildman–Crippen LogP) is 2.62. The number of nitrogens with one attached hydrogen (secondary N) is 2. The first kappa shape index (κ1) is 19.1. The second-order valence-corrected chi connectivity index (χ2v) is 5.99. The van der Waals surface area contributed by atoms with Crippen LogP contribution in [0.5, 0.6) is 5.75 Å². The molecule has 0 bridgehead atoms. The van der Waals surface area contributed by atoms with E-state index in [4.69, 9.17) is 4.74 Å². The first-order valence-corrected chi connectivity index (χ1v) is 8.56. The van der Waals surface area contributed by atoms with Crippen LogP contribution in [-0.2, 0) is 0 Å². The fourth-order valence-electron chi connectivity index (χ4n) is 2.60. The van der Waals surface area contributed by atoms with Crippen LogP contribution in [0.2, 0.25) is 0 Å². The summed E-state index contributed by atoms with van der Waals surface area (Å²) < 4.78 is 19.8. The topological polar surface area (TPSA) is 93.2 Å². The molecule has 2 aromatic carbocycles. The number of carbonyl (C=O) groups excluding carboxylic acids is 1. The standard InChI is InChI=1S/C20H18FN3O4/c1-3-28-15-8-6-14(7-9-15)24-19(26)16(11-22-20(24)27)18(25)23-13-5-4-12(2)17(21)10-13/h4-11H,3H2,1-2H3,(H,22,27)(H,23,25). The molecule has 1 heterocycles. The average molecular weight is 383 g/mol. The third kappa shape index (κ3) is 3.85. The second kappa shape index (κ2) is 7.91. The Labute approximate surface area is 159 Å². The van der Waals surface area contributed by atoms with Crippen LogP contribution in [0.1, 0.15) is 22.8 Å². The second-order valence-electron chi connectivity index (χ2n) is 5.99.